The van der Waals surface area contributed by atoms with Crippen LogP contribution < -0.4 is 5.43 Å². The zero-order valence-electron chi connectivity index (χ0n) is 16.1. The number of aromatic nitrogens is 3. The summed E-state index contributed by atoms with van der Waals surface area (Å²) >= 11 is 0. The van der Waals surface area contributed by atoms with E-state index >= 15 is 0 Å². The number of amides is 2. The topological polar surface area (TPSA) is 80.1 Å². The minimum absolute atomic E-state index is 0.0110. The van der Waals surface area contributed by atoms with Crippen molar-refractivity contribution < 1.29 is 35.9 Å². The minimum atomic E-state index is -5.00. The van der Waals surface area contributed by atoms with Gasteiger partial charge < -0.3 is 0 Å². The number of hydrogen-bond donors (Lipinski definition) is 1. The summed E-state index contributed by atoms with van der Waals surface area (Å²) in [6.07, 6.45) is -4.56. The van der Waals surface area contributed by atoms with Gasteiger partial charge in [-0.2, -0.15) is 26.3 Å². The first-order valence-electron chi connectivity index (χ1n) is 9.45. The quantitative estimate of drug-likeness (QED) is 0.561. The molecule has 0 unspecified atom stereocenters. The molecule has 0 spiro atoms. The maximum atomic E-state index is 13.0. The average Bonchev–Trinajstić information content (AvgIpc) is 3.43. The fourth-order valence-corrected chi connectivity index (χ4v) is 3.80. The van der Waals surface area contributed by atoms with Gasteiger partial charge in [-0.1, -0.05) is 0 Å². The summed E-state index contributed by atoms with van der Waals surface area (Å²) in [5, 5.41) is 5.09. The van der Waals surface area contributed by atoms with Gasteiger partial charge in [-0.15, -0.1) is 5.10 Å². The molecule has 1 saturated carbocycles. The summed E-state index contributed by atoms with van der Waals surface area (Å²) in [6, 6.07) is 0.988. The molecule has 32 heavy (non-hydrogen) atoms. The second-order valence-corrected chi connectivity index (χ2v) is 7.51. The van der Waals surface area contributed by atoms with Crippen LogP contribution in [0.25, 0.3) is 17.6 Å². The highest BCUT2D eigenvalue weighted by atomic mass is 19.4. The summed E-state index contributed by atoms with van der Waals surface area (Å²) in [5.74, 6) is -1.27. The number of nitrogens with zero attached hydrogens (tertiary/aromatic N) is 4. The fourth-order valence-electron chi connectivity index (χ4n) is 3.80. The van der Waals surface area contributed by atoms with Crippen LogP contribution in [0.3, 0.4) is 0 Å². The van der Waals surface area contributed by atoms with E-state index in [-0.39, 0.29) is 23.9 Å². The molecule has 2 fully saturated rings. The molecule has 4 rings (SSSR count). The zero-order chi connectivity index (χ0) is 23.3. The maximum absolute atomic E-state index is 13.0. The summed E-state index contributed by atoms with van der Waals surface area (Å²) in [5.41, 5.74) is -0.996. The Morgan fingerprint density at radius 1 is 1.06 bits per heavy atom. The number of alkyl halides is 6. The monoisotopic (exact) mass is 459 g/mol. The number of carbonyl (C=O) groups excluding carboxylic acids is 2. The molecule has 2 heterocycles. The van der Waals surface area contributed by atoms with Crippen LogP contribution in [0.1, 0.15) is 30.4 Å². The van der Waals surface area contributed by atoms with Gasteiger partial charge in [0.25, 0.3) is 5.91 Å². The molecule has 2 bridgehead atoms. The summed E-state index contributed by atoms with van der Waals surface area (Å²) < 4.78 is 79.1. The van der Waals surface area contributed by atoms with Crippen molar-refractivity contribution in [1.29, 1.82) is 0 Å². The van der Waals surface area contributed by atoms with Crippen molar-refractivity contribution in [3.63, 3.8) is 0 Å². The van der Waals surface area contributed by atoms with Crippen LogP contribution in [0.5, 0.6) is 0 Å². The third-order valence-corrected chi connectivity index (χ3v) is 5.32. The van der Waals surface area contributed by atoms with E-state index in [1.54, 1.807) is 0 Å². The highest BCUT2D eigenvalue weighted by Crippen LogP contribution is 2.38. The number of hydrogen-bond acceptors (Lipinski definition) is 4. The standard InChI is InChI=1S/C19H15F6N5O2/c20-18(21,22)12-5-11(6-13(8-12)19(23,24)25)16-26-9-29(28-16)4-3-15(31)27-30-14-2-1-10(7-14)17(30)32/h3-6,8-10,14H,1-2,7H2,(H,27,31)/b4-3-/t10-,14+/m1/s1. The molecule has 2 amide bonds. The first-order valence-corrected chi connectivity index (χ1v) is 9.45. The molecule has 1 saturated heterocycles. The van der Waals surface area contributed by atoms with E-state index < -0.39 is 40.8 Å². The predicted molar refractivity (Wildman–Crippen MR) is 96.9 cm³/mol. The highest BCUT2D eigenvalue weighted by Gasteiger charge is 2.45. The smallest absolute Gasteiger partial charge is 0.273 e. The van der Waals surface area contributed by atoms with Crippen LogP contribution in [0.2, 0.25) is 0 Å². The lowest BCUT2D eigenvalue weighted by Crippen LogP contribution is -2.49. The number of benzene rings is 1. The zero-order valence-corrected chi connectivity index (χ0v) is 16.1. The molecule has 1 aliphatic heterocycles. The van der Waals surface area contributed by atoms with E-state index in [0.717, 1.165) is 36.1 Å². The van der Waals surface area contributed by atoms with Crippen molar-refractivity contribution >= 4 is 18.0 Å². The van der Waals surface area contributed by atoms with Crippen LogP contribution in [-0.2, 0) is 21.9 Å². The van der Waals surface area contributed by atoms with E-state index in [1.807, 2.05) is 0 Å². The molecular weight excluding hydrogens is 444 g/mol. The van der Waals surface area contributed by atoms with Crippen molar-refractivity contribution in [2.24, 2.45) is 5.92 Å². The number of carbonyl (C=O) groups is 2. The average molecular weight is 459 g/mol. The normalized spacial score (nSPS) is 21.1. The van der Waals surface area contributed by atoms with Crippen LogP contribution in [0.4, 0.5) is 26.3 Å². The number of fused-ring (bicyclic) bond motifs is 2. The number of hydrazine groups is 1. The van der Waals surface area contributed by atoms with E-state index in [0.29, 0.717) is 18.6 Å². The van der Waals surface area contributed by atoms with Gasteiger partial charge in [0.15, 0.2) is 5.82 Å². The third-order valence-electron chi connectivity index (χ3n) is 5.32. The third kappa shape index (κ3) is 4.32. The summed E-state index contributed by atoms with van der Waals surface area (Å²) in [6.45, 7) is 0. The van der Waals surface area contributed by atoms with E-state index in [1.165, 1.54) is 5.01 Å². The first kappa shape index (κ1) is 21.8. The largest absolute Gasteiger partial charge is 0.416 e. The molecule has 0 radical (unpaired) electrons. The number of piperidine rings is 1. The molecule has 7 nitrogen and oxygen atoms in total. The molecule has 2 atom stereocenters. The Bertz CT molecular complexity index is 1060. The fraction of sp³-hybridized carbons (Fsp3) is 0.368. The van der Waals surface area contributed by atoms with Gasteiger partial charge in [0.2, 0.25) is 5.91 Å². The molecule has 1 N–H and O–H groups in total. The Morgan fingerprint density at radius 2 is 1.72 bits per heavy atom. The van der Waals surface area contributed by atoms with Gasteiger partial charge in [-0.05, 0) is 37.5 Å². The lowest BCUT2D eigenvalue weighted by atomic mass is 10.0. The Labute approximate surface area is 176 Å². The minimum Gasteiger partial charge on any atom is -0.273 e. The number of halogens is 6. The SMILES string of the molecule is O=C(/C=C\n1cnc(-c2cc(C(F)(F)F)cc(C(F)(F)F)c2)n1)NN1C(=O)[C@@H]2CC[C@H]1C2. The van der Waals surface area contributed by atoms with Crippen LogP contribution in [0, 0.1) is 5.92 Å². The lowest BCUT2D eigenvalue weighted by molar-refractivity contribution is -0.143. The van der Waals surface area contributed by atoms with Crippen molar-refractivity contribution in [3.05, 3.63) is 41.7 Å². The van der Waals surface area contributed by atoms with E-state index in [2.05, 4.69) is 15.5 Å². The molecule has 1 aromatic heterocycles. The predicted octanol–water partition coefficient (Wildman–Crippen LogP) is 3.50. The number of rotatable bonds is 4. The summed E-state index contributed by atoms with van der Waals surface area (Å²) in [4.78, 5) is 27.8. The van der Waals surface area contributed by atoms with Gasteiger partial charge >= 0.3 is 12.4 Å². The molecule has 1 aliphatic carbocycles. The van der Waals surface area contributed by atoms with Gasteiger partial charge in [0.1, 0.15) is 6.33 Å². The van der Waals surface area contributed by atoms with Crippen molar-refractivity contribution in [2.45, 2.75) is 37.7 Å². The Hall–Kier alpha value is -3.38. The Kier molecular flexibility index (Phi) is 5.21. The molecule has 2 aromatic rings. The second-order valence-electron chi connectivity index (χ2n) is 7.51. The summed E-state index contributed by atoms with van der Waals surface area (Å²) in [7, 11) is 0. The Balaban J connectivity index is 1.51. The van der Waals surface area contributed by atoms with Crippen molar-refractivity contribution in [1.82, 2.24) is 25.2 Å². The van der Waals surface area contributed by atoms with Gasteiger partial charge in [0, 0.05) is 23.8 Å². The highest BCUT2D eigenvalue weighted by molar-refractivity contribution is 5.92. The van der Waals surface area contributed by atoms with Crippen molar-refractivity contribution in [3.8, 4) is 11.4 Å². The maximum Gasteiger partial charge on any atom is 0.416 e. The molecular formula is C19H15F6N5O2. The van der Waals surface area contributed by atoms with Crippen LogP contribution in [-0.4, -0.2) is 37.6 Å². The molecule has 170 valence electrons. The van der Waals surface area contributed by atoms with Crippen LogP contribution >= 0.6 is 0 Å². The lowest BCUT2D eigenvalue weighted by Gasteiger charge is -2.26. The van der Waals surface area contributed by atoms with Gasteiger partial charge in [0.05, 0.1) is 17.2 Å². The molecule has 2 aliphatic rings. The number of nitrogens with one attached hydrogen (secondary N) is 1. The van der Waals surface area contributed by atoms with Gasteiger partial charge in [-0.25, -0.2) is 9.67 Å². The van der Waals surface area contributed by atoms with Crippen LogP contribution in [0.15, 0.2) is 30.6 Å². The Morgan fingerprint density at radius 3 is 2.28 bits per heavy atom. The van der Waals surface area contributed by atoms with E-state index in [4.69, 9.17) is 0 Å². The van der Waals surface area contributed by atoms with Crippen molar-refractivity contribution in [2.75, 3.05) is 0 Å². The van der Waals surface area contributed by atoms with Gasteiger partial charge in [-0.3, -0.25) is 20.0 Å². The molecule has 1 aromatic carbocycles. The second kappa shape index (κ2) is 7.64. The first-order chi connectivity index (χ1) is 14.9. The molecule has 13 heteroatoms. The van der Waals surface area contributed by atoms with E-state index in [9.17, 15) is 35.9 Å².